The van der Waals surface area contributed by atoms with E-state index in [4.69, 9.17) is 4.74 Å². The fraction of sp³-hybridized carbons (Fsp3) is 0.529. The maximum absolute atomic E-state index is 13.2. The van der Waals surface area contributed by atoms with Crippen LogP contribution in [0.1, 0.15) is 12.0 Å². The van der Waals surface area contributed by atoms with E-state index in [9.17, 15) is 14.0 Å². The number of carbonyl (C=O) groups is 2. The molecule has 2 aliphatic rings. The van der Waals surface area contributed by atoms with Crippen LogP contribution in [0.3, 0.4) is 0 Å². The number of hydrogen-bond donors (Lipinski definition) is 1. The molecule has 0 aliphatic carbocycles. The first-order chi connectivity index (χ1) is 11.6. The highest BCUT2D eigenvalue weighted by Gasteiger charge is 2.28. The maximum atomic E-state index is 13.2. The largest absolute Gasteiger partial charge is 0.378 e. The summed E-state index contributed by atoms with van der Waals surface area (Å²) in [6.45, 7) is 3.38. The molecule has 1 aromatic rings. The molecule has 130 valence electrons. The number of ether oxygens (including phenoxy) is 1. The summed E-state index contributed by atoms with van der Waals surface area (Å²) < 4.78 is 18.6. The van der Waals surface area contributed by atoms with Crippen molar-refractivity contribution in [1.82, 2.24) is 15.1 Å². The monoisotopic (exact) mass is 335 g/mol. The quantitative estimate of drug-likeness (QED) is 0.864. The zero-order valence-electron chi connectivity index (χ0n) is 13.5. The minimum absolute atomic E-state index is 0.0201. The molecule has 1 atom stereocenters. The van der Waals surface area contributed by atoms with Gasteiger partial charge in [-0.05, 0) is 17.7 Å². The molecule has 2 aliphatic heterocycles. The lowest BCUT2D eigenvalue weighted by atomic mass is 10.1. The average molecular weight is 335 g/mol. The van der Waals surface area contributed by atoms with E-state index in [-0.39, 0.29) is 30.2 Å². The van der Waals surface area contributed by atoms with Gasteiger partial charge in [-0.25, -0.2) is 4.39 Å². The van der Waals surface area contributed by atoms with Gasteiger partial charge in [0.25, 0.3) is 0 Å². The van der Waals surface area contributed by atoms with E-state index in [2.05, 4.69) is 5.32 Å². The molecule has 6 nitrogen and oxygen atoms in total. The molecular formula is C17H22FN3O3. The smallest absolute Gasteiger partial charge is 0.242 e. The van der Waals surface area contributed by atoms with E-state index in [0.29, 0.717) is 39.3 Å². The lowest BCUT2D eigenvalue weighted by Crippen LogP contribution is -2.53. The van der Waals surface area contributed by atoms with Gasteiger partial charge in [0.2, 0.25) is 11.8 Å². The van der Waals surface area contributed by atoms with Crippen molar-refractivity contribution >= 4 is 11.8 Å². The van der Waals surface area contributed by atoms with Crippen molar-refractivity contribution in [2.75, 3.05) is 39.4 Å². The van der Waals surface area contributed by atoms with Gasteiger partial charge in [0, 0.05) is 38.6 Å². The Kier molecular flexibility index (Phi) is 5.42. The summed E-state index contributed by atoms with van der Waals surface area (Å²) in [5.41, 5.74) is 0.756. The summed E-state index contributed by atoms with van der Waals surface area (Å²) in [4.78, 5) is 27.9. The highest BCUT2D eigenvalue weighted by atomic mass is 19.1. The molecule has 0 spiro atoms. The first kappa shape index (κ1) is 16.9. The second kappa shape index (κ2) is 7.72. The van der Waals surface area contributed by atoms with Gasteiger partial charge in [0.1, 0.15) is 5.82 Å². The normalized spacial score (nSPS) is 21.9. The van der Waals surface area contributed by atoms with Crippen LogP contribution in [-0.2, 0) is 20.9 Å². The van der Waals surface area contributed by atoms with Crippen molar-refractivity contribution in [2.24, 2.45) is 0 Å². The Morgan fingerprint density at radius 2 is 2.25 bits per heavy atom. The average Bonchev–Trinajstić information content (AvgIpc) is 2.57. The Morgan fingerprint density at radius 3 is 2.96 bits per heavy atom. The van der Waals surface area contributed by atoms with Crippen molar-refractivity contribution in [2.45, 2.75) is 19.0 Å². The Morgan fingerprint density at radius 1 is 1.38 bits per heavy atom. The van der Waals surface area contributed by atoms with E-state index in [0.717, 1.165) is 12.1 Å². The number of carbonyl (C=O) groups excluding carboxylic acids is 2. The summed E-state index contributed by atoms with van der Waals surface area (Å²) in [5.74, 6) is -0.445. The summed E-state index contributed by atoms with van der Waals surface area (Å²) in [6.07, 6.45) is 0.344. The van der Waals surface area contributed by atoms with Gasteiger partial charge in [-0.15, -0.1) is 0 Å². The molecule has 0 saturated carbocycles. The van der Waals surface area contributed by atoms with Gasteiger partial charge in [0.05, 0.1) is 19.8 Å². The Labute approximate surface area is 140 Å². The van der Waals surface area contributed by atoms with Crippen LogP contribution in [0, 0.1) is 5.82 Å². The molecule has 2 amide bonds. The zero-order valence-corrected chi connectivity index (χ0v) is 13.5. The molecule has 24 heavy (non-hydrogen) atoms. The Balaban J connectivity index is 1.51. The number of morpholine rings is 1. The molecular weight excluding hydrogens is 313 g/mol. The van der Waals surface area contributed by atoms with E-state index in [1.165, 1.54) is 12.1 Å². The van der Waals surface area contributed by atoms with Crippen molar-refractivity contribution in [1.29, 1.82) is 0 Å². The van der Waals surface area contributed by atoms with Crippen LogP contribution in [0.4, 0.5) is 4.39 Å². The minimum Gasteiger partial charge on any atom is -0.378 e. The molecule has 2 saturated heterocycles. The maximum Gasteiger partial charge on any atom is 0.242 e. The Hall–Kier alpha value is -1.99. The number of amides is 2. The first-order valence-corrected chi connectivity index (χ1v) is 8.23. The zero-order chi connectivity index (χ0) is 16.9. The first-order valence-electron chi connectivity index (χ1n) is 8.23. The topological polar surface area (TPSA) is 61.9 Å². The Bertz CT molecular complexity index is 604. The van der Waals surface area contributed by atoms with Crippen LogP contribution >= 0.6 is 0 Å². The summed E-state index contributed by atoms with van der Waals surface area (Å²) in [5, 5.41) is 3.24. The van der Waals surface area contributed by atoms with Gasteiger partial charge < -0.3 is 19.9 Å². The van der Waals surface area contributed by atoms with Crippen LogP contribution in [0.15, 0.2) is 24.3 Å². The van der Waals surface area contributed by atoms with Crippen LogP contribution in [0.2, 0.25) is 0 Å². The molecule has 2 fully saturated rings. The SMILES string of the molecule is O=C(CC1COCCN1)N1CCN(Cc2cccc(F)c2)C(=O)C1. The number of hydrogen-bond acceptors (Lipinski definition) is 4. The third-order valence-electron chi connectivity index (χ3n) is 4.35. The highest BCUT2D eigenvalue weighted by molar-refractivity contribution is 5.86. The lowest BCUT2D eigenvalue weighted by molar-refractivity contribution is -0.146. The van der Waals surface area contributed by atoms with Crippen molar-refractivity contribution in [3.05, 3.63) is 35.6 Å². The third-order valence-corrected chi connectivity index (χ3v) is 4.35. The molecule has 1 unspecified atom stereocenters. The number of nitrogens with zero attached hydrogens (tertiary/aromatic N) is 2. The van der Waals surface area contributed by atoms with Gasteiger partial charge in [0.15, 0.2) is 0 Å². The number of piperazine rings is 1. The third kappa shape index (κ3) is 4.30. The number of rotatable bonds is 4. The fourth-order valence-corrected chi connectivity index (χ4v) is 3.03. The number of benzene rings is 1. The summed E-state index contributed by atoms with van der Waals surface area (Å²) >= 11 is 0. The van der Waals surface area contributed by atoms with Crippen molar-refractivity contribution in [3.8, 4) is 0 Å². The predicted octanol–water partition coefficient (Wildman–Crippen LogP) is 0.375. The van der Waals surface area contributed by atoms with E-state index >= 15 is 0 Å². The molecule has 0 aromatic heterocycles. The highest BCUT2D eigenvalue weighted by Crippen LogP contribution is 2.12. The van der Waals surface area contributed by atoms with Crippen LogP contribution < -0.4 is 5.32 Å². The second-order valence-electron chi connectivity index (χ2n) is 6.19. The predicted molar refractivity (Wildman–Crippen MR) is 85.6 cm³/mol. The number of nitrogens with one attached hydrogen (secondary N) is 1. The van der Waals surface area contributed by atoms with Crippen LogP contribution in [-0.4, -0.2) is 67.0 Å². The molecule has 1 N–H and O–H groups in total. The van der Waals surface area contributed by atoms with Crippen LogP contribution in [0.5, 0.6) is 0 Å². The van der Waals surface area contributed by atoms with Crippen molar-refractivity contribution < 1.29 is 18.7 Å². The van der Waals surface area contributed by atoms with Crippen molar-refractivity contribution in [3.63, 3.8) is 0 Å². The molecule has 0 radical (unpaired) electrons. The molecule has 3 rings (SSSR count). The second-order valence-corrected chi connectivity index (χ2v) is 6.19. The molecule has 7 heteroatoms. The van der Waals surface area contributed by atoms with Gasteiger partial charge in [-0.1, -0.05) is 12.1 Å². The van der Waals surface area contributed by atoms with Gasteiger partial charge in [-0.2, -0.15) is 0 Å². The number of halogens is 1. The molecule has 1 aromatic carbocycles. The van der Waals surface area contributed by atoms with Gasteiger partial charge in [-0.3, -0.25) is 9.59 Å². The summed E-state index contributed by atoms with van der Waals surface area (Å²) in [7, 11) is 0. The molecule has 2 heterocycles. The van der Waals surface area contributed by atoms with E-state index < -0.39 is 0 Å². The van der Waals surface area contributed by atoms with E-state index in [1.54, 1.807) is 21.9 Å². The van der Waals surface area contributed by atoms with Gasteiger partial charge >= 0.3 is 0 Å². The lowest BCUT2D eigenvalue weighted by Gasteiger charge is -2.35. The fourth-order valence-electron chi connectivity index (χ4n) is 3.03. The van der Waals surface area contributed by atoms with E-state index in [1.807, 2.05) is 0 Å². The summed E-state index contributed by atoms with van der Waals surface area (Å²) in [6, 6.07) is 6.26. The minimum atomic E-state index is -0.309. The molecule has 0 bridgehead atoms. The standard InChI is InChI=1S/C17H22FN3O3/c18-14-3-1-2-13(8-14)10-20-5-6-21(11-17(20)23)16(22)9-15-12-24-7-4-19-15/h1-3,8,15,19H,4-7,9-12H2. The van der Waals surface area contributed by atoms with Crippen LogP contribution in [0.25, 0.3) is 0 Å².